The second-order valence-corrected chi connectivity index (χ2v) is 4.46. The maximum atomic E-state index is 12.2. The standard InChI is InChI=1S/C13H16N4O2/c1-19-12-4-2-10(3-5-12)13(18)17-8-6-11(7-9-17)15-16-14/h2-5,11H,6-9H2,1H3. The van der Waals surface area contributed by atoms with E-state index in [1.54, 1.807) is 36.3 Å². The fraction of sp³-hybridized carbons (Fsp3) is 0.462. The summed E-state index contributed by atoms with van der Waals surface area (Å²) in [6.07, 6.45) is 1.46. The molecule has 0 saturated carbocycles. The molecule has 0 atom stereocenters. The van der Waals surface area contributed by atoms with Crippen LogP contribution in [0.1, 0.15) is 23.2 Å². The molecule has 1 amide bonds. The van der Waals surface area contributed by atoms with Crippen LogP contribution in [-0.2, 0) is 0 Å². The monoisotopic (exact) mass is 260 g/mol. The van der Waals surface area contributed by atoms with Gasteiger partial charge in [0.1, 0.15) is 5.75 Å². The van der Waals surface area contributed by atoms with Gasteiger partial charge in [0.05, 0.1) is 7.11 Å². The van der Waals surface area contributed by atoms with Crippen molar-refractivity contribution in [3.63, 3.8) is 0 Å². The van der Waals surface area contributed by atoms with Gasteiger partial charge in [-0.25, -0.2) is 0 Å². The van der Waals surface area contributed by atoms with Crippen LogP contribution in [0, 0.1) is 0 Å². The SMILES string of the molecule is COc1ccc(C(=O)N2CCC(N=[N+]=[N-])CC2)cc1. The summed E-state index contributed by atoms with van der Waals surface area (Å²) in [5, 5.41) is 3.70. The quantitative estimate of drug-likeness (QED) is 0.475. The number of piperidine rings is 1. The molecule has 100 valence electrons. The summed E-state index contributed by atoms with van der Waals surface area (Å²) in [4.78, 5) is 16.9. The summed E-state index contributed by atoms with van der Waals surface area (Å²) < 4.78 is 5.06. The Morgan fingerprint density at radius 1 is 1.37 bits per heavy atom. The van der Waals surface area contributed by atoms with Crippen molar-refractivity contribution in [3.8, 4) is 5.75 Å². The average molecular weight is 260 g/mol. The molecular formula is C13H16N4O2. The van der Waals surface area contributed by atoms with E-state index in [0.29, 0.717) is 18.7 Å². The van der Waals surface area contributed by atoms with Gasteiger partial charge in [0.2, 0.25) is 0 Å². The van der Waals surface area contributed by atoms with Crippen molar-refractivity contribution < 1.29 is 9.53 Å². The van der Waals surface area contributed by atoms with Crippen LogP contribution in [0.15, 0.2) is 29.4 Å². The number of ether oxygens (including phenoxy) is 1. The molecule has 0 aromatic heterocycles. The van der Waals surface area contributed by atoms with E-state index in [0.717, 1.165) is 18.6 Å². The van der Waals surface area contributed by atoms with E-state index in [1.807, 2.05) is 0 Å². The first-order chi connectivity index (χ1) is 9.24. The van der Waals surface area contributed by atoms with Crippen LogP contribution in [0.4, 0.5) is 0 Å². The van der Waals surface area contributed by atoms with Crippen molar-refractivity contribution in [2.45, 2.75) is 18.9 Å². The number of hydrogen-bond acceptors (Lipinski definition) is 3. The van der Waals surface area contributed by atoms with Crippen molar-refractivity contribution in [1.82, 2.24) is 4.90 Å². The Morgan fingerprint density at radius 3 is 2.53 bits per heavy atom. The summed E-state index contributed by atoms with van der Waals surface area (Å²) in [5.41, 5.74) is 9.04. The van der Waals surface area contributed by atoms with Crippen molar-refractivity contribution >= 4 is 5.91 Å². The van der Waals surface area contributed by atoms with Gasteiger partial charge in [0.25, 0.3) is 5.91 Å². The molecule has 2 rings (SSSR count). The van der Waals surface area contributed by atoms with Gasteiger partial charge in [-0.3, -0.25) is 4.79 Å². The lowest BCUT2D eigenvalue weighted by Gasteiger charge is -2.30. The Morgan fingerprint density at radius 2 is 2.00 bits per heavy atom. The first-order valence-corrected chi connectivity index (χ1v) is 6.22. The van der Waals surface area contributed by atoms with Gasteiger partial charge in [0, 0.05) is 29.6 Å². The Balaban J connectivity index is 1.98. The minimum Gasteiger partial charge on any atom is -0.497 e. The molecule has 0 unspecified atom stereocenters. The largest absolute Gasteiger partial charge is 0.497 e. The first-order valence-electron chi connectivity index (χ1n) is 6.22. The number of likely N-dealkylation sites (tertiary alicyclic amines) is 1. The summed E-state index contributed by atoms with van der Waals surface area (Å²) >= 11 is 0. The first kappa shape index (κ1) is 13.2. The number of azide groups is 1. The topological polar surface area (TPSA) is 78.3 Å². The van der Waals surface area contributed by atoms with Crippen LogP contribution in [0.25, 0.3) is 10.4 Å². The molecule has 0 bridgehead atoms. The number of rotatable bonds is 3. The molecule has 1 fully saturated rings. The molecular weight excluding hydrogens is 244 g/mol. The molecule has 0 N–H and O–H groups in total. The van der Waals surface area contributed by atoms with Gasteiger partial charge < -0.3 is 9.64 Å². The Hall–Kier alpha value is -2.20. The smallest absolute Gasteiger partial charge is 0.253 e. The lowest BCUT2D eigenvalue weighted by molar-refractivity contribution is 0.0714. The van der Waals surface area contributed by atoms with Crippen molar-refractivity contribution in [2.75, 3.05) is 20.2 Å². The summed E-state index contributed by atoms with van der Waals surface area (Å²) in [6, 6.07) is 7.10. The van der Waals surface area contributed by atoms with Crippen molar-refractivity contribution in [3.05, 3.63) is 40.3 Å². The summed E-state index contributed by atoms with van der Waals surface area (Å²) in [5.74, 6) is 0.751. The highest BCUT2D eigenvalue weighted by Gasteiger charge is 2.22. The molecule has 1 aliphatic rings. The Bertz CT molecular complexity index is 486. The third-order valence-electron chi connectivity index (χ3n) is 3.30. The van der Waals surface area contributed by atoms with Gasteiger partial charge in [-0.1, -0.05) is 5.11 Å². The third-order valence-corrected chi connectivity index (χ3v) is 3.30. The highest BCUT2D eigenvalue weighted by atomic mass is 16.5. The van der Waals surface area contributed by atoms with Crippen LogP contribution in [0.2, 0.25) is 0 Å². The third kappa shape index (κ3) is 3.17. The van der Waals surface area contributed by atoms with E-state index in [4.69, 9.17) is 10.3 Å². The van der Waals surface area contributed by atoms with Gasteiger partial charge in [-0.2, -0.15) is 0 Å². The van der Waals surface area contributed by atoms with Gasteiger partial charge in [-0.15, -0.1) is 0 Å². The molecule has 0 radical (unpaired) electrons. The second-order valence-electron chi connectivity index (χ2n) is 4.46. The summed E-state index contributed by atoms with van der Waals surface area (Å²) in [6.45, 7) is 1.27. The molecule has 1 saturated heterocycles. The zero-order chi connectivity index (χ0) is 13.7. The van der Waals surface area contributed by atoms with E-state index in [2.05, 4.69) is 10.0 Å². The number of nitrogens with zero attached hydrogens (tertiary/aromatic N) is 4. The number of benzene rings is 1. The lowest BCUT2D eigenvalue weighted by Crippen LogP contribution is -2.39. The van der Waals surface area contributed by atoms with Crippen LogP contribution in [0.5, 0.6) is 5.75 Å². The fourth-order valence-corrected chi connectivity index (χ4v) is 2.17. The minimum atomic E-state index is 0.0158. The molecule has 0 spiro atoms. The number of hydrogen-bond donors (Lipinski definition) is 0. The molecule has 19 heavy (non-hydrogen) atoms. The number of carbonyl (C=O) groups excluding carboxylic acids is 1. The Labute approximate surface area is 111 Å². The van der Waals surface area contributed by atoms with E-state index in [1.165, 1.54) is 0 Å². The highest BCUT2D eigenvalue weighted by molar-refractivity contribution is 5.94. The van der Waals surface area contributed by atoms with Gasteiger partial charge >= 0.3 is 0 Å². The molecule has 0 aliphatic carbocycles. The molecule has 6 nitrogen and oxygen atoms in total. The maximum Gasteiger partial charge on any atom is 0.253 e. The average Bonchev–Trinajstić information content (AvgIpc) is 2.48. The van der Waals surface area contributed by atoms with Crippen LogP contribution < -0.4 is 4.74 Å². The molecule has 1 aromatic rings. The lowest BCUT2D eigenvalue weighted by atomic mass is 10.0. The van der Waals surface area contributed by atoms with Crippen LogP contribution in [0.3, 0.4) is 0 Å². The van der Waals surface area contributed by atoms with Crippen molar-refractivity contribution in [1.29, 1.82) is 0 Å². The second kappa shape index (κ2) is 6.11. The molecule has 1 heterocycles. The summed E-state index contributed by atoms with van der Waals surface area (Å²) in [7, 11) is 1.59. The van der Waals surface area contributed by atoms with Crippen molar-refractivity contribution in [2.24, 2.45) is 5.11 Å². The highest BCUT2D eigenvalue weighted by Crippen LogP contribution is 2.18. The molecule has 1 aliphatic heterocycles. The number of methoxy groups -OCH3 is 1. The van der Waals surface area contributed by atoms with Gasteiger partial charge in [0.15, 0.2) is 0 Å². The Kier molecular flexibility index (Phi) is 4.26. The number of carbonyl (C=O) groups is 1. The maximum absolute atomic E-state index is 12.2. The number of amides is 1. The minimum absolute atomic E-state index is 0.0158. The molecule has 1 aromatic carbocycles. The van der Waals surface area contributed by atoms with Crippen LogP contribution >= 0.6 is 0 Å². The van der Waals surface area contributed by atoms with Crippen LogP contribution in [-0.4, -0.2) is 37.0 Å². The van der Waals surface area contributed by atoms with E-state index < -0.39 is 0 Å². The van der Waals surface area contributed by atoms with Gasteiger partial charge in [-0.05, 0) is 42.6 Å². The normalized spacial score (nSPS) is 15.7. The van der Waals surface area contributed by atoms with E-state index in [9.17, 15) is 4.79 Å². The van der Waals surface area contributed by atoms with E-state index in [-0.39, 0.29) is 11.9 Å². The fourth-order valence-electron chi connectivity index (χ4n) is 2.17. The predicted octanol–water partition coefficient (Wildman–Crippen LogP) is 2.61. The zero-order valence-corrected chi connectivity index (χ0v) is 10.8. The van der Waals surface area contributed by atoms with E-state index >= 15 is 0 Å². The predicted molar refractivity (Wildman–Crippen MR) is 71.1 cm³/mol. The molecule has 6 heteroatoms. The zero-order valence-electron chi connectivity index (χ0n) is 10.8.